The third kappa shape index (κ3) is 4.52. The first-order valence-corrected chi connectivity index (χ1v) is 17.7. The Kier molecular flexibility index (Phi) is 7.03. The van der Waals surface area contributed by atoms with Crippen molar-refractivity contribution >= 4 is 57.9 Å². The number of fused-ring (bicyclic) bond motifs is 4. The smallest absolute Gasteiger partial charge is 0.409 e. The average molecular weight is 589 g/mol. The van der Waals surface area contributed by atoms with Crippen LogP contribution in [0.25, 0.3) is 10.9 Å². The van der Waals surface area contributed by atoms with Crippen LogP contribution in [-0.4, -0.2) is 48.7 Å². The zero-order valence-electron chi connectivity index (χ0n) is 21.8. The third-order valence-electron chi connectivity index (χ3n) is 7.93. The highest BCUT2D eigenvalue weighted by atomic mass is 79.9. The van der Waals surface area contributed by atoms with Crippen LogP contribution in [0, 0.1) is 12.8 Å². The van der Waals surface area contributed by atoms with Gasteiger partial charge in [0.25, 0.3) is 0 Å². The van der Waals surface area contributed by atoms with Crippen LogP contribution in [0.2, 0.25) is 24.7 Å². The molecule has 2 aromatic heterocycles. The number of halogens is 2. The molecule has 0 spiro atoms. The van der Waals surface area contributed by atoms with E-state index in [1.165, 1.54) is 38.7 Å². The summed E-state index contributed by atoms with van der Waals surface area (Å²) in [6, 6.07) is 4.44. The minimum Gasteiger partial charge on any atom is -0.450 e. The van der Waals surface area contributed by atoms with Crippen LogP contribution in [0.1, 0.15) is 53.6 Å². The summed E-state index contributed by atoms with van der Waals surface area (Å²) in [6.07, 6.45) is 5.48. The summed E-state index contributed by atoms with van der Waals surface area (Å²) in [5.41, 5.74) is 7.64. The standard InChI is InChI=1S/C28H35BrClN3O2Si/c1-6-35-28(34)33-11-9-17(10-12-33)24-23-18(7-8-19-13-20(29)15-31-25(19)24)14-21(30)26-22(23)16(2)27(32-26)36(3,4)5/h13-15,17,24,32H,6-12H2,1-5H3. The molecule has 3 heterocycles. The van der Waals surface area contributed by atoms with Gasteiger partial charge in [0.2, 0.25) is 0 Å². The second-order valence-corrected chi connectivity index (χ2v) is 17.6. The lowest BCUT2D eigenvalue weighted by Gasteiger charge is -2.36. The van der Waals surface area contributed by atoms with E-state index in [9.17, 15) is 4.79 Å². The topological polar surface area (TPSA) is 58.2 Å². The van der Waals surface area contributed by atoms with Gasteiger partial charge in [0.15, 0.2) is 0 Å². The quantitative estimate of drug-likeness (QED) is 0.338. The van der Waals surface area contributed by atoms with Gasteiger partial charge >= 0.3 is 6.09 Å². The summed E-state index contributed by atoms with van der Waals surface area (Å²) >= 11 is 10.6. The molecule has 3 aromatic rings. The Morgan fingerprint density at radius 3 is 2.58 bits per heavy atom. The van der Waals surface area contributed by atoms with Crippen molar-refractivity contribution in [3.05, 3.63) is 55.8 Å². The number of carbonyl (C=O) groups is 1. The van der Waals surface area contributed by atoms with E-state index in [0.717, 1.165) is 40.7 Å². The van der Waals surface area contributed by atoms with Crippen molar-refractivity contribution in [2.45, 2.75) is 65.1 Å². The fourth-order valence-electron chi connectivity index (χ4n) is 6.35. The highest BCUT2D eigenvalue weighted by Crippen LogP contribution is 2.47. The molecule has 192 valence electrons. The molecule has 5 nitrogen and oxygen atoms in total. The van der Waals surface area contributed by atoms with Gasteiger partial charge in [0, 0.05) is 40.4 Å². The predicted octanol–water partition coefficient (Wildman–Crippen LogP) is 6.93. The summed E-state index contributed by atoms with van der Waals surface area (Å²) in [4.78, 5) is 23.1. The van der Waals surface area contributed by atoms with Crippen molar-refractivity contribution in [1.29, 1.82) is 0 Å². The number of nitrogens with one attached hydrogen (secondary N) is 1. The zero-order valence-corrected chi connectivity index (χ0v) is 25.1. The molecule has 0 saturated carbocycles. The summed E-state index contributed by atoms with van der Waals surface area (Å²) < 4.78 is 6.30. The molecular weight excluding hydrogens is 554 g/mol. The zero-order chi connectivity index (χ0) is 25.8. The Morgan fingerprint density at radius 1 is 1.22 bits per heavy atom. The van der Waals surface area contributed by atoms with Crippen molar-refractivity contribution in [3.8, 4) is 0 Å². The number of likely N-dealkylation sites (tertiary alicyclic amines) is 1. The van der Waals surface area contributed by atoms with Crippen molar-refractivity contribution in [2.75, 3.05) is 19.7 Å². The van der Waals surface area contributed by atoms with Crippen molar-refractivity contribution in [3.63, 3.8) is 0 Å². The molecule has 2 aliphatic rings. The number of piperidine rings is 1. The van der Waals surface area contributed by atoms with Gasteiger partial charge in [-0.1, -0.05) is 31.2 Å². The van der Waals surface area contributed by atoms with E-state index in [1.54, 1.807) is 0 Å². The van der Waals surface area contributed by atoms with Crippen LogP contribution in [0.3, 0.4) is 0 Å². The lowest BCUT2D eigenvalue weighted by atomic mass is 9.75. The number of hydrogen-bond acceptors (Lipinski definition) is 3. The maximum Gasteiger partial charge on any atom is 0.409 e. The van der Waals surface area contributed by atoms with E-state index >= 15 is 0 Å². The summed E-state index contributed by atoms with van der Waals surface area (Å²) in [7, 11) is -1.61. The molecule has 1 aliphatic heterocycles. The summed E-state index contributed by atoms with van der Waals surface area (Å²) in [5.74, 6) is 0.549. The number of amides is 1. The van der Waals surface area contributed by atoms with Gasteiger partial charge in [-0.05, 0) is 95.8 Å². The van der Waals surface area contributed by atoms with Gasteiger partial charge in [-0.2, -0.15) is 0 Å². The number of rotatable bonds is 3. The number of aryl methyl sites for hydroxylation is 3. The normalized spacial score (nSPS) is 18.6. The molecule has 1 fully saturated rings. The molecule has 1 saturated heterocycles. The van der Waals surface area contributed by atoms with Crippen LogP contribution in [0.4, 0.5) is 4.79 Å². The highest BCUT2D eigenvalue weighted by Gasteiger charge is 2.38. The fraction of sp³-hybridized carbons (Fsp3) is 0.500. The van der Waals surface area contributed by atoms with Gasteiger partial charge in [0.1, 0.15) is 0 Å². The van der Waals surface area contributed by atoms with Gasteiger partial charge < -0.3 is 14.6 Å². The molecule has 1 atom stereocenters. The van der Waals surface area contributed by atoms with Gasteiger partial charge in [-0.3, -0.25) is 4.98 Å². The van der Waals surface area contributed by atoms with Gasteiger partial charge in [-0.15, -0.1) is 0 Å². The largest absolute Gasteiger partial charge is 0.450 e. The second-order valence-electron chi connectivity index (χ2n) is 11.3. The Bertz CT molecular complexity index is 1320. The summed E-state index contributed by atoms with van der Waals surface area (Å²) in [6.45, 7) is 13.1. The van der Waals surface area contributed by atoms with Crippen LogP contribution >= 0.6 is 27.5 Å². The third-order valence-corrected chi connectivity index (χ3v) is 10.7. The predicted molar refractivity (Wildman–Crippen MR) is 154 cm³/mol. The Hall–Kier alpha value is -1.83. The highest BCUT2D eigenvalue weighted by molar-refractivity contribution is 9.10. The van der Waals surface area contributed by atoms with E-state index in [0.29, 0.717) is 25.6 Å². The van der Waals surface area contributed by atoms with Crippen LogP contribution in [0.15, 0.2) is 22.8 Å². The minimum absolute atomic E-state index is 0.165. The number of nitrogens with zero attached hydrogens (tertiary/aromatic N) is 2. The van der Waals surface area contributed by atoms with Crippen molar-refractivity contribution in [2.24, 2.45) is 5.92 Å². The lowest BCUT2D eigenvalue weighted by molar-refractivity contribution is 0.0900. The number of aromatic nitrogens is 2. The Morgan fingerprint density at radius 2 is 1.92 bits per heavy atom. The second kappa shape index (κ2) is 9.80. The fourth-order valence-corrected chi connectivity index (χ4v) is 8.75. The molecule has 36 heavy (non-hydrogen) atoms. The Labute approximate surface area is 228 Å². The van der Waals surface area contributed by atoms with Gasteiger partial charge in [-0.25, -0.2) is 4.79 Å². The maximum atomic E-state index is 12.4. The lowest BCUT2D eigenvalue weighted by Crippen LogP contribution is -2.40. The number of aromatic amines is 1. The molecule has 1 aliphatic carbocycles. The average Bonchev–Trinajstić information content (AvgIpc) is 3.11. The number of ether oxygens (including phenoxy) is 1. The molecular formula is C28H35BrClN3O2Si. The molecule has 0 bridgehead atoms. The number of benzene rings is 1. The van der Waals surface area contributed by atoms with E-state index < -0.39 is 8.07 Å². The number of H-pyrrole nitrogens is 1. The molecule has 1 aromatic carbocycles. The van der Waals surface area contributed by atoms with E-state index in [-0.39, 0.29) is 12.0 Å². The maximum absolute atomic E-state index is 12.4. The molecule has 1 unspecified atom stereocenters. The number of hydrogen-bond donors (Lipinski definition) is 1. The molecule has 0 radical (unpaired) electrons. The molecule has 1 amide bonds. The first-order chi connectivity index (χ1) is 17.1. The first-order valence-electron chi connectivity index (χ1n) is 13.0. The van der Waals surface area contributed by atoms with Crippen molar-refractivity contribution < 1.29 is 9.53 Å². The van der Waals surface area contributed by atoms with Crippen LogP contribution in [0.5, 0.6) is 0 Å². The molecule has 5 rings (SSSR count). The molecule has 8 heteroatoms. The van der Waals surface area contributed by atoms with E-state index in [4.69, 9.17) is 21.3 Å². The van der Waals surface area contributed by atoms with E-state index in [2.05, 4.69) is 59.6 Å². The van der Waals surface area contributed by atoms with Crippen LogP contribution < -0.4 is 5.32 Å². The first kappa shape index (κ1) is 25.8. The minimum atomic E-state index is -1.61. The monoisotopic (exact) mass is 587 g/mol. The Balaban J connectivity index is 1.69. The van der Waals surface area contributed by atoms with E-state index in [1.807, 2.05) is 18.0 Å². The molecule has 1 N–H and O–H groups in total. The number of pyridine rings is 1. The van der Waals surface area contributed by atoms with Crippen LogP contribution in [-0.2, 0) is 17.6 Å². The summed E-state index contributed by atoms with van der Waals surface area (Å²) in [5, 5.41) is 3.48. The number of carbonyl (C=O) groups excluding carboxylic acids is 1. The SMILES string of the molecule is CCOC(=O)N1CCC(C2c3ncc(Br)cc3CCc3cc(Cl)c4[nH]c([Si](C)(C)C)c(C)c4c32)CC1. The van der Waals surface area contributed by atoms with Crippen molar-refractivity contribution in [1.82, 2.24) is 14.9 Å². The van der Waals surface area contributed by atoms with Gasteiger partial charge in [0.05, 0.1) is 30.9 Å².